The van der Waals surface area contributed by atoms with Gasteiger partial charge in [-0.3, -0.25) is 14.6 Å². The molecule has 136 valence electrons. The summed E-state index contributed by atoms with van der Waals surface area (Å²) in [5.41, 5.74) is 1.89. The molecule has 0 aliphatic carbocycles. The standard InChI is InChI=1S/C20H18N4O3/c25-18(13-27-15-4-2-1-3-5-15)24-11-8-16-17(12-24)22-19(23-20(16)26)14-6-9-21-10-7-14/h1-7,9-10H,8,11-13H2,(H,22,23,26). The zero-order chi connectivity index (χ0) is 18.6. The number of ether oxygens (including phenoxy) is 1. The highest BCUT2D eigenvalue weighted by molar-refractivity contribution is 5.78. The summed E-state index contributed by atoms with van der Waals surface area (Å²) >= 11 is 0. The second-order valence-corrected chi connectivity index (χ2v) is 6.24. The van der Waals surface area contributed by atoms with Gasteiger partial charge in [-0.05, 0) is 30.7 Å². The number of carbonyl (C=O) groups is 1. The van der Waals surface area contributed by atoms with Crippen LogP contribution in [-0.4, -0.2) is 38.9 Å². The van der Waals surface area contributed by atoms with E-state index >= 15 is 0 Å². The fourth-order valence-corrected chi connectivity index (χ4v) is 3.05. The summed E-state index contributed by atoms with van der Waals surface area (Å²) in [6.07, 6.45) is 3.77. The third kappa shape index (κ3) is 3.72. The molecular weight excluding hydrogens is 344 g/mol. The first-order valence-corrected chi connectivity index (χ1v) is 8.69. The van der Waals surface area contributed by atoms with E-state index in [9.17, 15) is 9.59 Å². The Labute approximate surface area is 155 Å². The maximum Gasteiger partial charge on any atom is 0.260 e. The number of aromatic nitrogens is 3. The molecule has 0 bridgehead atoms. The van der Waals surface area contributed by atoms with Crippen molar-refractivity contribution in [1.29, 1.82) is 0 Å². The monoisotopic (exact) mass is 362 g/mol. The predicted molar refractivity (Wildman–Crippen MR) is 99.1 cm³/mol. The molecule has 3 aromatic rings. The van der Waals surface area contributed by atoms with E-state index in [-0.39, 0.29) is 18.1 Å². The Hall–Kier alpha value is -3.48. The summed E-state index contributed by atoms with van der Waals surface area (Å²) in [6.45, 7) is 0.734. The van der Waals surface area contributed by atoms with Crippen LogP contribution in [0.5, 0.6) is 5.75 Å². The van der Waals surface area contributed by atoms with Gasteiger partial charge in [-0.15, -0.1) is 0 Å². The average molecular weight is 362 g/mol. The maximum absolute atomic E-state index is 12.5. The molecule has 0 saturated carbocycles. The fraction of sp³-hybridized carbons (Fsp3) is 0.200. The average Bonchev–Trinajstić information content (AvgIpc) is 2.73. The van der Waals surface area contributed by atoms with E-state index in [2.05, 4.69) is 15.0 Å². The Morgan fingerprint density at radius 1 is 1.15 bits per heavy atom. The van der Waals surface area contributed by atoms with E-state index < -0.39 is 0 Å². The minimum atomic E-state index is -0.153. The van der Waals surface area contributed by atoms with Crippen LogP contribution in [0.3, 0.4) is 0 Å². The highest BCUT2D eigenvalue weighted by atomic mass is 16.5. The lowest BCUT2D eigenvalue weighted by Crippen LogP contribution is -2.41. The first kappa shape index (κ1) is 17.0. The number of nitrogens with zero attached hydrogens (tertiary/aromatic N) is 3. The molecule has 0 fully saturated rings. The third-order valence-electron chi connectivity index (χ3n) is 4.49. The lowest BCUT2D eigenvalue weighted by Gasteiger charge is -2.27. The number of nitrogens with one attached hydrogen (secondary N) is 1. The predicted octanol–water partition coefficient (Wildman–Crippen LogP) is 1.80. The van der Waals surface area contributed by atoms with E-state index in [0.29, 0.717) is 42.3 Å². The van der Waals surface area contributed by atoms with Crippen LogP contribution in [0, 0.1) is 0 Å². The fourth-order valence-electron chi connectivity index (χ4n) is 3.05. The van der Waals surface area contributed by atoms with E-state index in [1.807, 2.05) is 18.2 Å². The van der Waals surface area contributed by atoms with Gasteiger partial charge in [0.1, 0.15) is 11.6 Å². The summed E-state index contributed by atoms with van der Waals surface area (Å²) < 4.78 is 5.54. The molecule has 0 unspecified atom stereocenters. The van der Waals surface area contributed by atoms with Crippen LogP contribution in [0.1, 0.15) is 11.3 Å². The molecule has 1 aliphatic rings. The molecule has 0 spiro atoms. The van der Waals surface area contributed by atoms with Gasteiger partial charge in [0, 0.05) is 30.1 Å². The van der Waals surface area contributed by atoms with Crippen LogP contribution >= 0.6 is 0 Å². The van der Waals surface area contributed by atoms with Gasteiger partial charge in [0.15, 0.2) is 6.61 Å². The van der Waals surface area contributed by atoms with Gasteiger partial charge in [0.2, 0.25) is 0 Å². The summed E-state index contributed by atoms with van der Waals surface area (Å²) in [5, 5.41) is 0. The summed E-state index contributed by atoms with van der Waals surface area (Å²) in [7, 11) is 0. The molecule has 0 radical (unpaired) electrons. The molecule has 4 rings (SSSR count). The van der Waals surface area contributed by atoms with Crippen LogP contribution in [-0.2, 0) is 17.8 Å². The SMILES string of the molecule is O=C(COc1ccccc1)N1CCc2c(nc(-c3ccncc3)[nH]c2=O)C1. The van der Waals surface area contributed by atoms with Crippen molar-refractivity contribution in [1.82, 2.24) is 19.9 Å². The van der Waals surface area contributed by atoms with Gasteiger partial charge < -0.3 is 14.6 Å². The second kappa shape index (κ2) is 7.41. The number of aromatic amines is 1. The lowest BCUT2D eigenvalue weighted by molar-refractivity contribution is -0.134. The number of H-pyrrole nitrogens is 1. The minimum absolute atomic E-state index is 0.0419. The number of para-hydroxylation sites is 1. The van der Waals surface area contributed by atoms with E-state index in [1.54, 1.807) is 41.6 Å². The first-order valence-electron chi connectivity index (χ1n) is 8.69. The number of fused-ring (bicyclic) bond motifs is 1. The van der Waals surface area contributed by atoms with Crippen LogP contribution in [0.15, 0.2) is 59.7 Å². The van der Waals surface area contributed by atoms with Gasteiger partial charge in [0.25, 0.3) is 11.5 Å². The summed E-state index contributed by atoms with van der Waals surface area (Å²) in [4.78, 5) is 38.0. The summed E-state index contributed by atoms with van der Waals surface area (Å²) in [5.74, 6) is 1.01. The maximum atomic E-state index is 12.5. The van der Waals surface area contributed by atoms with Gasteiger partial charge in [-0.25, -0.2) is 4.98 Å². The topological polar surface area (TPSA) is 88.2 Å². The van der Waals surface area contributed by atoms with E-state index in [0.717, 1.165) is 5.56 Å². The van der Waals surface area contributed by atoms with Gasteiger partial charge >= 0.3 is 0 Å². The number of amides is 1. The molecule has 3 heterocycles. The van der Waals surface area contributed by atoms with Crippen molar-refractivity contribution >= 4 is 5.91 Å². The molecule has 1 aromatic carbocycles. The highest BCUT2D eigenvalue weighted by Gasteiger charge is 2.24. The van der Waals surface area contributed by atoms with Gasteiger partial charge in [-0.2, -0.15) is 0 Å². The van der Waals surface area contributed by atoms with Crippen LogP contribution in [0.4, 0.5) is 0 Å². The third-order valence-corrected chi connectivity index (χ3v) is 4.49. The molecule has 1 N–H and O–H groups in total. The number of carbonyl (C=O) groups excluding carboxylic acids is 1. The lowest BCUT2D eigenvalue weighted by atomic mass is 10.1. The Morgan fingerprint density at radius 2 is 1.93 bits per heavy atom. The molecular formula is C20H18N4O3. The zero-order valence-corrected chi connectivity index (χ0v) is 14.6. The first-order chi connectivity index (χ1) is 13.2. The van der Waals surface area contributed by atoms with Crippen molar-refractivity contribution in [2.75, 3.05) is 13.2 Å². The minimum Gasteiger partial charge on any atom is -0.484 e. The van der Waals surface area contributed by atoms with E-state index in [4.69, 9.17) is 4.74 Å². The number of hydrogen-bond acceptors (Lipinski definition) is 5. The Bertz CT molecular complexity index is 1000. The van der Waals surface area contributed by atoms with Crippen molar-refractivity contribution in [3.63, 3.8) is 0 Å². The van der Waals surface area contributed by atoms with Crippen LogP contribution in [0.25, 0.3) is 11.4 Å². The molecule has 0 atom stereocenters. The number of benzene rings is 1. The van der Waals surface area contributed by atoms with Crippen molar-refractivity contribution in [2.45, 2.75) is 13.0 Å². The smallest absolute Gasteiger partial charge is 0.260 e. The largest absolute Gasteiger partial charge is 0.484 e. The highest BCUT2D eigenvalue weighted by Crippen LogP contribution is 2.18. The van der Waals surface area contributed by atoms with Crippen molar-refractivity contribution in [3.05, 3.63) is 76.5 Å². The Balaban J connectivity index is 1.51. The summed E-state index contributed by atoms with van der Waals surface area (Å²) in [6, 6.07) is 12.8. The Kier molecular flexibility index (Phi) is 4.65. The van der Waals surface area contributed by atoms with Crippen molar-refractivity contribution in [3.8, 4) is 17.1 Å². The normalized spacial score (nSPS) is 13.1. The van der Waals surface area contributed by atoms with Crippen LogP contribution < -0.4 is 10.3 Å². The molecule has 7 nitrogen and oxygen atoms in total. The zero-order valence-electron chi connectivity index (χ0n) is 14.6. The number of pyridine rings is 1. The van der Waals surface area contributed by atoms with Gasteiger partial charge in [-0.1, -0.05) is 18.2 Å². The number of hydrogen-bond donors (Lipinski definition) is 1. The molecule has 27 heavy (non-hydrogen) atoms. The van der Waals surface area contributed by atoms with Crippen molar-refractivity contribution in [2.24, 2.45) is 0 Å². The Morgan fingerprint density at radius 3 is 2.70 bits per heavy atom. The molecule has 2 aromatic heterocycles. The molecule has 0 saturated heterocycles. The van der Waals surface area contributed by atoms with Gasteiger partial charge in [0.05, 0.1) is 12.2 Å². The number of rotatable bonds is 4. The quantitative estimate of drug-likeness (QED) is 0.765. The molecule has 1 amide bonds. The van der Waals surface area contributed by atoms with Crippen molar-refractivity contribution < 1.29 is 9.53 Å². The molecule has 1 aliphatic heterocycles. The molecule has 7 heteroatoms. The second-order valence-electron chi connectivity index (χ2n) is 6.24. The van der Waals surface area contributed by atoms with E-state index in [1.165, 1.54) is 0 Å². The van der Waals surface area contributed by atoms with Crippen LogP contribution in [0.2, 0.25) is 0 Å².